The van der Waals surface area contributed by atoms with Crippen LogP contribution >= 0.6 is 0 Å². The van der Waals surface area contributed by atoms with Crippen molar-refractivity contribution in [3.8, 4) is 5.75 Å². The second-order valence-corrected chi connectivity index (χ2v) is 6.30. The van der Waals surface area contributed by atoms with Crippen LogP contribution in [0, 0.1) is 0 Å². The van der Waals surface area contributed by atoms with E-state index < -0.39 is 0 Å². The molecule has 2 aromatic carbocycles. The molecule has 0 fully saturated rings. The van der Waals surface area contributed by atoms with Crippen molar-refractivity contribution in [2.45, 2.75) is 20.8 Å². The summed E-state index contributed by atoms with van der Waals surface area (Å²) in [5.74, 6) is 1.27. The van der Waals surface area contributed by atoms with Crippen molar-refractivity contribution in [2.24, 2.45) is 0 Å². The molecule has 1 aliphatic rings. The average molecular weight is 362 g/mol. The van der Waals surface area contributed by atoms with Crippen LogP contribution in [0.4, 0.5) is 11.4 Å². The minimum Gasteiger partial charge on any atom is -0.438 e. The van der Waals surface area contributed by atoms with Crippen LogP contribution in [-0.4, -0.2) is 25.4 Å². The summed E-state index contributed by atoms with van der Waals surface area (Å²) in [7, 11) is 0. The molecule has 0 aromatic heterocycles. The molecule has 0 saturated heterocycles. The maximum atomic E-state index is 12.4. The third kappa shape index (κ3) is 4.22. The number of hydrogen-bond acceptors (Lipinski definition) is 4. The van der Waals surface area contributed by atoms with Crippen LogP contribution in [0.25, 0.3) is 6.08 Å². The van der Waals surface area contributed by atoms with Gasteiger partial charge in [-0.05, 0) is 56.7 Å². The standard InChI is InChI=1S/C23H26N2O2/c1-4-24(5-2)19-14-11-18(12-15-19)13-16-20(26)17-23-25(6-3)21-9-7-8-10-22(21)27-23/h7-17H,4-6H2,1-3H3/b16-13+,23-17-. The Labute approximate surface area is 161 Å². The summed E-state index contributed by atoms with van der Waals surface area (Å²) in [5.41, 5.74) is 3.19. The van der Waals surface area contributed by atoms with E-state index in [1.165, 1.54) is 5.69 Å². The lowest BCUT2D eigenvalue weighted by Gasteiger charge is -2.20. The summed E-state index contributed by atoms with van der Waals surface area (Å²) in [4.78, 5) is 16.7. The Morgan fingerprint density at radius 2 is 1.74 bits per heavy atom. The molecule has 27 heavy (non-hydrogen) atoms. The van der Waals surface area contributed by atoms with E-state index in [9.17, 15) is 4.79 Å². The maximum absolute atomic E-state index is 12.4. The number of hydrogen-bond donors (Lipinski definition) is 0. The van der Waals surface area contributed by atoms with E-state index in [0.29, 0.717) is 5.88 Å². The average Bonchev–Trinajstić information content (AvgIpc) is 3.05. The SMILES string of the molecule is CCN(CC)c1ccc(/C=C/C(=O)/C=C2\Oc3ccccc3N2CC)cc1. The van der Waals surface area contributed by atoms with E-state index in [0.717, 1.165) is 36.6 Å². The fourth-order valence-electron chi connectivity index (χ4n) is 3.22. The molecule has 0 amide bonds. The molecule has 4 nitrogen and oxygen atoms in total. The van der Waals surface area contributed by atoms with Crippen LogP contribution in [0.15, 0.2) is 66.6 Å². The minimum atomic E-state index is -0.0934. The Hall–Kier alpha value is -3.01. The normalized spacial score (nSPS) is 14.5. The van der Waals surface area contributed by atoms with Gasteiger partial charge in [0.1, 0.15) is 0 Å². The first-order chi connectivity index (χ1) is 13.2. The number of allylic oxidation sites excluding steroid dienone is 2. The van der Waals surface area contributed by atoms with Gasteiger partial charge in [-0.2, -0.15) is 0 Å². The Balaban J connectivity index is 1.70. The number of carbonyl (C=O) groups is 1. The predicted molar refractivity (Wildman–Crippen MR) is 112 cm³/mol. The first kappa shape index (κ1) is 18.8. The highest BCUT2D eigenvalue weighted by molar-refractivity contribution is 6.02. The van der Waals surface area contributed by atoms with Crippen LogP contribution in [0.2, 0.25) is 0 Å². The second-order valence-electron chi connectivity index (χ2n) is 6.30. The first-order valence-corrected chi connectivity index (χ1v) is 9.49. The number of carbonyl (C=O) groups excluding carboxylic acids is 1. The predicted octanol–water partition coefficient (Wildman–Crippen LogP) is 4.88. The minimum absolute atomic E-state index is 0.0934. The van der Waals surface area contributed by atoms with E-state index in [4.69, 9.17) is 4.74 Å². The van der Waals surface area contributed by atoms with Gasteiger partial charge in [-0.15, -0.1) is 0 Å². The third-order valence-corrected chi connectivity index (χ3v) is 4.68. The smallest absolute Gasteiger partial charge is 0.204 e. The van der Waals surface area contributed by atoms with Gasteiger partial charge >= 0.3 is 0 Å². The molecule has 2 aromatic rings. The quantitative estimate of drug-likeness (QED) is 0.658. The molecule has 0 spiro atoms. The second kappa shape index (κ2) is 8.58. The molecule has 140 valence electrons. The van der Waals surface area contributed by atoms with Gasteiger partial charge < -0.3 is 14.5 Å². The van der Waals surface area contributed by atoms with E-state index >= 15 is 0 Å². The summed E-state index contributed by atoms with van der Waals surface area (Å²) in [5, 5.41) is 0. The lowest BCUT2D eigenvalue weighted by molar-refractivity contribution is -0.110. The first-order valence-electron chi connectivity index (χ1n) is 9.49. The number of rotatable bonds is 7. The molecular formula is C23H26N2O2. The summed E-state index contributed by atoms with van der Waals surface area (Å²) >= 11 is 0. The van der Waals surface area contributed by atoms with Crippen molar-refractivity contribution in [3.05, 3.63) is 72.1 Å². The van der Waals surface area contributed by atoms with Crippen molar-refractivity contribution in [3.63, 3.8) is 0 Å². The lowest BCUT2D eigenvalue weighted by atomic mass is 10.1. The molecule has 0 N–H and O–H groups in total. The van der Waals surface area contributed by atoms with Gasteiger partial charge in [0.25, 0.3) is 0 Å². The molecule has 0 saturated carbocycles. The molecule has 3 rings (SSSR count). The molecule has 0 atom stereocenters. The number of ether oxygens (including phenoxy) is 1. The summed E-state index contributed by atoms with van der Waals surface area (Å²) in [6.07, 6.45) is 4.97. The van der Waals surface area contributed by atoms with Crippen LogP contribution in [0.1, 0.15) is 26.3 Å². The highest BCUT2D eigenvalue weighted by Gasteiger charge is 2.24. The molecule has 0 unspecified atom stereocenters. The van der Waals surface area contributed by atoms with Crippen molar-refractivity contribution >= 4 is 23.2 Å². The zero-order valence-corrected chi connectivity index (χ0v) is 16.2. The van der Waals surface area contributed by atoms with E-state index in [2.05, 4.69) is 30.9 Å². The Morgan fingerprint density at radius 1 is 1.04 bits per heavy atom. The van der Waals surface area contributed by atoms with Crippen LogP contribution in [-0.2, 0) is 4.79 Å². The van der Waals surface area contributed by atoms with Gasteiger partial charge in [0.15, 0.2) is 11.5 Å². The van der Waals surface area contributed by atoms with Gasteiger partial charge in [0.05, 0.1) is 5.69 Å². The number of ketones is 1. The zero-order chi connectivity index (χ0) is 19.2. The summed E-state index contributed by atoms with van der Waals surface area (Å²) in [6, 6.07) is 16.1. The maximum Gasteiger partial charge on any atom is 0.204 e. The Morgan fingerprint density at radius 3 is 2.41 bits per heavy atom. The fraction of sp³-hybridized carbons (Fsp3) is 0.261. The monoisotopic (exact) mass is 362 g/mol. The van der Waals surface area contributed by atoms with Gasteiger partial charge in [-0.3, -0.25) is 4.79 Å². The van der Waals surface area contributed by atoms with E-state index in [-0.39, 0.29) is 5.78 Å². The molecule has 4 heteroatoms. The molecule has 1 aliphatic heterocycles. The van der Waals surface area contributed by atoms with Gasteiger partial charge in [-0.1, -0.05) is 30.3 Å². The third-order valence-electron chi connectivity index (χ3n) is 4.68. The molecule has 0 aliphatic carbocycles. The number of fused-ring (bicyclic) bond motifs is 1. The fourth-order valence-corrected chi connectivity index (χ4v) is 3.22. The lowest BCUT2D eigenvalue weighted by Crippen LogP contribution is -2.21. The molecule has 0 bridgehead atoms. The van der Waals surface area contributed by atoms with Crippen molar-refractivity contribution in [1.29, 1.82) is 0 Å². The summed E-state index contributed by atoms with van der Waals surface area (Å²) < 4.78 is 5.83. The largest absolute Gasteiger partial charge is 0.438 e. The number of anilines is 2. The Bertz CT molecular complexity index is 849. The molecule has 0 radical (unpaired) electrons. The van der Waals surface area contributed by atoms with Gasteiger partial charge in [0.2, 0.25) is 5.88 Å². The number of benzene rings is 2. The van der Waals surface area contributed by atoms with Gasteiger partial charge in [-0.25, -0.2) is 0 Å². The summed E-state index contributed by atoms with van der Waals surface area (Å²) in [6.45, 7) is 9.03. The van der Waals surface area contributed by atoms with Gasteiger partial charge in [0, 0.05) is 31.4 Å². The van der Waals surface area contributed by atoms with Crippen molar-refractivity contribution in [1.82, 2.24) is 0 Å². The Kier molecular flexibility index (Phi) is 5.97. The highest BCUT2D eigenvalue weighted by Crippen LogP contribution is 2.38. The van der Waals surface area contributed by atoms with E-state index in [1.807, 2.05) is 54.3 Å². The van der Waals surface area contributed by atoms with E-state index in [1.54, 1.807) is 12.2 Å². The van der Waals surface area contributed by atoms with Crippen molar-refractivity contribution in [2.75, 3.05) is 29.4 Å². The topological polar surface area (TPSA) is 32.8 Å². The zero-order valence-electron chi connectivity index (χ0n) is 16.2. The van der Waals surface area contributed by atoms with Crippen molar-refractivity contribution < 1.29 is 9.53 Å². The number of nitrogens with zero attached hydrogens (tertiary/aromatic N) is 2. The van der Waals surface area contributed by atoms with Crippen LogP contribution in [0.3, 0.4) is 0 Å². The highest BCUT2D eigenvalue weighted by atomic mass is 16.5. The number of para-hydroxylation sites is 2. The van der Waals surface area contributed by atoms with Crippen LogP contribution < -0.4 is 14.5 Å². The molecular weight excluding hydrogens is 336 g/mol. The van der Waals surface area contributed by atoms with Crippen LogP contribution in [0.5, 0.6) is 5.75 Å². The molecule has 1 heterocycles.